The van der Waals surface area contributed by atoms with Crippen LogP contribution in [0.5, 0.6) is 0 Å². The minimum atomic E-state index is -0.425. The van der Waals surface area contributed by atoms with Crippen molar-refractivity contribution in [3.05, 3.63) is 81.5 Å². The lowest BCUT2D eigenvalue weighted by Gasteiger charge is -2.35. The van der Waals surface area contributed by atoms with Crippen molar-refractivity contribution in [2.45, 2.75) is 45.8 Å². The number of amides is 1. The molecule has 0 bridgehead atoms. The van der Waals surface area contributed by atoms with Gasteiger partial charge in [-0.1, -0.05) is 35.9 Å². The van der Waals surface area contributed by atoms with Crippen LogP contribution in [-0.4, -0.2) is 22.9 Å². The van der Waals surface area contributed by atoms with E-state index in [2.05, 4.69) is 6.07 Å². The Hall–Kier alpha value is -3.10. The van der Waals surface area contributed by atoms with Gasteiger partial charge in [-0.25, -0.2) is 4.79 Å². The lowest BCUT2D eigenvalue weighted by Crippen LogP contribution is -2.38. The fourth-order valence-electron chi connectivity index (χ4n) is 3.65. The van der Waals surface area contributed by atoms with Crippen molar-refractivity contribution in [3.8, 4) is 6.07 Å². The number of nitriles is 1. The molecule has 1 amide bonds. The highest BCUT2D eigenvalue weighted by molar-refractivity contribution is 6.30. The number of halogens is 1. The SMILES string of the molecule is CC1=C(C(=O)OC(C)C)C(c2ccc(Cl)cc2)CC(=O)N1Cc1cccc(C#N)c1. The molecule has 0 spiro atoms. The van der Waals surface area contributed by atoms with Crippen molar-refractivity contribution in [3.63, 3.8) is 0 Å². The van der Waals surface area contributed by atoms with Crippen LogP contribution < -0.4 is 0 Å². The number of carbonyl (C=O) groups excluding carboxylic acids is 2. The van der Waals surface area contributed by atoms with Crippen LogP contribution in [0.1, 0.15) is 49.8 Å². The van der Waals surface area contributed by atoms with E-state index in [1.54, 1.807) is 56.0 Å². The lowest BCUT2D eigenvalue weighted by atomic mass is 9.83. The molecule has 1 heterocycles. The van der Waals surface area contributed by atoms with E-state index in [-0.39, 0.29) is 25.0 Å². The van der Waals surface area contributed by atoms with Gasteiger partial charge in [0, 0.05) is 23.1 Å². The number of hydrogen-bond acceptors (Lipinski definition) is 4. The molecule has 1 unspecified atom stereocenters. The van der Waals surface area contributed by atoms with E-state index in [0.717, 1.165) is 11.1 Å². The van der Waals surface area contributed by atoms with Gasteiger partial charge >= 0.3 is 5.97 Å². The van der Waals surface area contributed by atoms with Crippen LogP contribution in [-0.2, 0) is 20.9 Å². The van der Waals surface area contributed by atoms with Crippen LogP contribution in [0.15, 0.2) is 59.8 Å². The van der Waals surface area contributed by atoms with Gasteiger partial charge in [0.25, 0.3) is 0 Å². The molecule has 6 heteroatoms. The molecule has 30 heavy (non-hydrogen) atoms. The highest BCUT2D eigenvalue weighted by Crippen LogP contribution is 2.38. The third kappa shape index (κ3) is 4.72. The van der Waals surface area contributed by atoms with E-state index < -0.39 is 11.9 Å². The quantitative estimate of drug-likeness (QED) is 0.639. The summed E-state index contributed by atoms with van der Waals surface area (Å²) in [6.07, 6.45) is -0.124. The highest BCUT2D eigenvalue weighted by atomic mass is 35.5. The first-order valence-electron chi connectivity index (χ1n) is 9.76. The minimum absolute atomic E-state index is 0.0871. The summed E-state index contributed by atoms with van der Waals surface area (Å²) < 4.78 is 5.50. The van der Waals surface area contributed by atoms with Crippen LogP contribution >= 0.6 is 11.6 Å². The zero-order valence-electron chi connectivity index (χ0n) is 17.2. The van der Waals surface area contributed by atoms with Gasteiger partial charge in [0.1, 0.15) is 0 Å². The predicted molar refractivity (Wildman–Crippen MR) is 114 cm³/mol. The highest BCUT2D eigenvalue weighted by Gasteiger charge is 2.37. The van der Waals surface area contributed by atoms with Crippen molar-refractivity contribution in [1.82, 2.24) is 4.90 Å². The zero-order chi connectivity index (χ0) is 21.8. The van der Waals surface area contributed by atoms with E-state index >= 15 is 0 Å². The summed E-state index contributed by atoms with van der Waals surface area (Å²) in [6, 6.07) is 16.4. The predicted octanol–water partition coefficient (Wildman–Crippen LogP) is 4.95. The molecule has 1 atom stereocenters. The maximum Gasteiger partial charge on any atom is 0.336 e. The fourth-order valence-corrected chi connectivity index (χ4v) is 3.77. The Morgan fingerprint density at radius 1 is 1.27 bits per heavy atom. The van der Waals surface area contributed by atoms with Gasteiger partial charge in [0.15, 0.2) is 0 Å². The van der Waals surface area contributed by atoms with Crippen molar-refractivity contribution in [2.75, 3.05) is 0 Å². The molecule has 1 aliphatic rings. The summed E-state index contributed by atoms with van der Waals surface area (Å²) in [6.45, 7) is 5.64. The minimum Gasteiger partial charge on any atom is -0.460 e. The Balaban J connectivity index is 2.03. The lowest BCUT2D eigenvalue weighted by molar-refractivity contribution is -0.143. The molecule has 0 aliphatic carbocycles. The van der Waals surface area contributed by atoms with Gasteiger partial charge in [0.2, 0.25) is 5.91 Å². The number of allylic oxidation sites excluding steroid dienone is 1. The van der Waals surface area contributed by atoms with Crippen LogP contribution in [0.4, 0.5) is 0 Å². The van der Waals surface area contributed by atoms with Gasteiger partial charge in [-0.15, -0.1) is 0 Å². The summed E-state index contributed by atoms with van der Waals surface area (Å²) in [5.41, 5.74) is 3.23. The number of nitrogens with zero attached hydrogens (tertiary/aromatic N) is 2. The van der Waals surface area contributed by atoms with Gasteiger partial charge in [-0.05, 0) is 56.2 Å². The molecule has 3 rings (SSSR count). The van der Waals surface area contributed by atoms with Gasteiger partial charge < -0.3 is 9.64 Å². The Labute approximate surface area is 181 Å². The number of rotatable bonds is 5. The first kappa shape index (κ1) is 21.6. The van der Waals surface area contributed by atoms with Crippen LogP contribution in [0.25, 0.3) is 0 Å². The molecule has 0 aromatic heterocycles. The van der Waals surface area contributed by atoms with E-state index in [1.807, 2.05) is 18.2 Å². The van der Waals surface area contributed by atoms with Crippen molar-refractivity contribution >= 4 is 23.5 Å². The molecule has 1 aliphatic heterocycles. The first-order valence-corrected chi connectivity index (χ1v) is 10.1. The molecule has 0 saturated heterocycles. The van der Waals surface area contributed by atoms with Gasteiger partial charge in [-0.2, -0.15) is 5.26 Å². The van der Waals surface area contributed by atoms with Crippen LogP contribution in [0, 0.1) is 11.3 Å². The smallest absolute Gasteiger partial charge is 0.336 e. The second-order valence-electron chi connectivity index (χ2n) is 7.55. The maximum atomic E-state index is 13.1. The van der Waals surface area contributed by atoms with Crippen molar-refractivity contribution in [1.29, 1.82) is 5.26 Å². The third-order valence-electron chi connectivity index (χ3n) is 5.05. The van der Waals surface area contributed by atoms with E-state index in [4.69, 9.17) is 21.6 Å². The van der Waals surface area contributed by atoms with Gasteiger partial charge in [-0.3, -0.25) is 4.79 Å². The third-order valence-corrected chi connectivity index (χ3v) is 5.31. The number of ether oxygens (including phenoxy) is 1. The first-order chi connectivity index (χ1) is 14.3. The largest absolute Gasteiger partial charge is 0.460 e. The average Bonchev–Trinajstić information content (AvgIpc) is 2.70. The van der Waals surface area contributed by atoms with Crippen molar-refractivity contribution in [2.24, 2.45) is 0 Å². The summed E-state index contributed by atoms with van der Waals surface area (Å²) >= 11 is 6.01. The molecule has 0 saturated carbocycles. The zero-order valence-corrected chi connectivity index (χ0v) is 17.9. The Kier molecular flexibility index (Phi) is 6.59. The van der Waals surface area contributed by atoms with Crippen LogP contribution in [0.2, 0.25) is 5.02 Å². The number of carbonyl (C=O) groups is 2. The Morgan fingerprint density at radius 2 is 1.97 bits per heavy atom. The van der Waals surface area contributed by atoms with Crippen molar-refractivity contribution < 1.29 is 14.3 Å². The molecule has 2 aromatic rings. The number of hydrogen-bond donors (Lipinski definition) is 0. The summed E-state index contributed by atoms with van der Waals surface area (Å²) in [7, 11) is 0. The van der Waals surface area contributed by atoms with E-state index in [1.165, 1.54) is 0 Å². The molecule has 0 fully saturated rings. The topological polar surface area (TPSA) is 70.4 Å². The Bertz CT molecular complexity index is 1040. The molecular weight excluding hydrogens is 400 g/mol. The molecule has 0 N–H and O–H groups in total. The molecule has 0 radical (unpaired) electrons. The summed E-state index contributed by atoms with van der Waals surface area (Å²) in [5, 5.41) is 9.73. The number of esters is 1. The second kappa shape index (κ2) is 9.15. The van der Waals surface area contributed by atoms with E-state index in [0.29, 0.717) is 21.9 Å². The monoisotopic (exact) mass is 422 g/mol. The molecule has 154 valence electrons. The Morgan fingerprint density at radius 3 is 2.60 bits per heavy atom. The molecular formula is C24H23ClN2O3. The summed E-state index contributed by atoms with van der Waals surface area (Å²) in [5.74, 6) is -0.913. The standard InChI is InChI=1S/C24H23ClN2O3/c1-15(2)30-24(29)23-16(3)27(14-18-6-4-5-17(11-18)13-26)22(28)12-21(23)19-7-9-20(25)10-8-19/h4-11,15,21H,12,14H2,1-3H3. The second-order valence-corrected chi connectivity index (χ2v) is 7.99. The fraction of sp³-hybridized carbons (Fsp3) is 0.292. The average molecular weight is 423 g/mol. The van der Waals surface area contributed by atoms with Crippen LogP contribution in [0.3, 0.4) is 0 Å². The molecule has 5 nitrogen and oxygen atoms in total. The maximum absolute atomic E-state index is 13.1. The van der Waals surface area contributed by atoms with Gasteiger partial charge in [0.05, 0.1) is 29.9 Å². The molecule has 2 aromatic carbocycles. The normalized spacial score (nSPS) is 16.6. The summed E-state index contributed by atoms with van der Waals surface area (Å²) in [4.78, 5) is 27.6. The number of benzene rings is 2. The van der Waals surface area contributed by atoms with E-state index in [9.17, 15) is 9.59 Å².